The summed E-state index contributed by atoms with van der Waals surface area (Å²) in [5.74, 6) is 0. The normalized spacial score (nSPS) is 21.6. The van der Waals surface area contributed by atoms with Crippen LogP contribution in [0.5, 0.6) is 0 Å². The fourth-order valence-corrected chi connectivity index (χ4v) is 4.29. The highest BCUT2D eigenvalue weighted by molar-refractivity contribution is 6.37. The minimum Gasteiger partial charge on any atom is -0.382 e. The van der Waals surface area contributed by atoms with Crippen LogP contribution in [0.25, 0.3) is 0 Å². The van der Waals surface area contributed by atoms with Gasteiger partial charge in [0.2, 0.25) is 0 Å². The molecule has 1 heterocycles. The van der Waals surface area contributed by atoms with E-state index in [2.05, 4.69) is 30.3 Å². The summed E-state index contributed by atoms with van der Waals surface area (Å²) in [5.41, 5.74) is 2.19. The summed E-state index contributed by atoms with van der Waals surface area (Å²) in [6.07, 6.45) is 6.64. The fraction of sp³-hybridized carbons (Fsp3) is 0.571. The average Bonchev–Trinajstić information content (AvgIpc) is 2.37. The number of hydrogen-bond acceptors (Lipinski definition) is 1. The Morgan fingerprint density at radius 2 is 2.06 bits per heavy atom. The summed E-state index contributed by atoms with van der Waals surface area (Å²) in [6.45, 7) is 1.02. The molecule has 1 aromatic carbocycles. The van der Waals surface area contributed by atoms with Crippen molar-refractivity contribution in [1.82, 2.24) is 0 Å². The van der Waals surface area contributed by atoms with Gasteiger partial charge in [0.1, 0.15) is 0 Å². The van der Waals surface area contributed by atoms with Crippen LogP contribution >= 0.6 is 0 Å². The van der Waals surface area contributed by atoms with Crippen LogP contribution < -0.4 is 0 Å². The van der Waals surface area contributed by atoms with Gasteiger partial charge >= 0.3 is 0 Å². The Bertz CT molecular complexity index is 280. The van der Waals surface area contributed by atoms with E-state index in [1.807, 2.05) is 0 Å². The van der Waals surface area contributed by atoms with Gasteiger partial charge in [-0.1, -0.05) is 42.8 Å². The van der Waals surface area contributed by atoms with Crippen molar-refractivity contribution in [2.45, 2.75) is 43.9 Å². The van der Waals surface area contributed by atoms with E-state index in [0.29, 0.717) is 5.73 Å². The Morgan fingerprint density at radius 1 is 1.19 bits per heavy atom. The molecule has 0 saturated carbocycles. The molecule has 88 valence electrons. The van der Waals surface area contributed by atoms with Crippen LogP contribution in [0.1, 0.15) is 31.2 Å². The smallest absolute Gasteiger partial charge is 0.0555 e. The second-order valence-corrected chi connectivity index (χ2v) is 6.92. The molecule has 2 heteroatoms. The first-order chi connectivity index (χ1) is 7.95. The monoisotopic (exact) mass is 234 g/mol. The van der Waals surface area contributed by atoms with Gasteiger partial charge in [0.05, 0.1) is 9.52 Å². The fourth-order valence-electron chi connectivity index (χ4n) is 2.38. The Morgan fingerprint density at radius 3 is 2.81 bits per heavy atom. The lowest BCUT2D eigenvalue weighted by atomic mass is 10.1. The predicted octanol–water partition coefficient (Wildman–Crippen LogP) is 2.73. The molecular weight excluding hydrogens is 212 g/mol. The van der Waals surface area contributed by atoms with Crippen LogP contribution in [-0.4, -0.2) is 21.9 Å². The van der Waals surface area contributed by atoms with E-state index in [1.54, 1.807) is 0 Å². The van der Waals surface area contributed by atoms with E-state index in [9.17, 15) is 0 Å². The molecule has 16 heavy (non-hydrogen) atoms. The maximum atomic E-state index is 5.79. The zero-order valence-electron chi connectivity index (χ0n) is 10.0. The molecule has 0 N–H and O–H groups in total. The molecule has 0 radical (unpaired) electrons. The van der Waals surface area contributed by atoms with Crippen molar-refractivity contribution < 1.29 is 4.74 Å². The van der Waals surface area contributed by atoms with E-state index in [1.165, 1.54) is 43.7 Å². The van der Waals surface area contributed by atoms with Gasteiger partial charge in [0.25, 0.3) is 0 Å². The van der Waals surface area contributed by atoms with Crippen LogP contribution in [0, 0.1) is 0 Å². The van der Waals surface area contributed by atoms with Gasteiger partial charge in [0.15, 0.2) is 0 Å². The summed E-state index contributed by atoms with van der Waals surface area (Å²) in [4.78, 5) is 0. The van der Waals surface area contributed by atoms with Crippen molar-refractivity contribution in [3.05, 3.63) is 35.9 Å². The summed E-state index contributed by atoms with van der Waals surface area (Å²) < 4.78 is 5.79. The second kappa shape index (κ2) is 6.87. The Kier molecular flexibility index (Phi) is 5.09. The minimum absolute atomic E-state index is 0.0274. The van der Waals surface area contributed by atoms with E-state index in [0.717, 1.165) is 6.61 Å². The van der Waals surface area contributed by atoms with Crippen LogP contribution in [0.4, 0.5) is 0 Å². The van der Waals surface area contributed by atoms with Crippen molar-refractivity contribution in [1.29, 1.82) is 0 Å². The summed E-state index contributed by atoms with van der Waals surface area (Å²) in [6, 6.07) is 12.3. The van der Waals surface area contributed by atoms with Gasteiger partial charge < -0.3 is 4.74 Å². The summed E-state index contributed by atoms with van der Waals surface area (Å²) in [5, 5.41) is 0. The zero-order valence-corrected chi connectivity index (χ0v) is 11.4. The van der Waals surface area contributed by atoms with Crippen LogP contribution in [-0.2, 0) is 11.2 Å². The maximum Gasteiger partial charge on any atom is 0.0555 e. The highest BCUT2D eigenvalue weighted by Crippen LogP contribution is 2.13. The van der Waals surface area contributed by atoms with Crippen molar-refractivity contribution in [3.63, 3.8) is 0 Å². The van der Waals surface area contributed by atoms with Gasteiger partial charge in [0, 0.05) is 12.3 Å². The predicted molar refractivity (Wildman–Crippen MR) is 71.7 cm³/mol. The molecule has 1 aliphatic rings. The summed E-state index contributed by atoms with van der Waals surface area (Å²) in [7, 11) is 0.0274. The molecule has 0 aliphatic carbocycles. The maximum absolute atomic E-state index is 5.79. The molecule has 1 aliphatic heterocycles. The molecule has 0 spiro atoms. The van der Waals surface area contributed by atoms with Crippen molar-refractivity contribution >= 4 is 9.52 Å². The lowest BCUT2D eigenvalue weighted by molar-refractivity contribution is 0.0650. The average molecular weight is 234 g/mol. The van der Waals surface area contributed by atoms with Crippen LogP contribution in [0.15, 0.2) is 30.3 Å². The van der Waals surface area contributed by atoms with Gasteiger partial charge in [-0.2, -0.15) is 0 Å². The third-order valence-electron chi connectivity index (χ3n) is 3.36. The van der Waals surface area contributed by atoms with Crippen molar-refractivity contribution in [2.75, 3.05) is 6.61 Å². The SMILES string of the molecule is c1ccc(CCC[SiH2]C2CCCCO2)cc1. The Hall–Kier alpha value is -0.603. The zero-order chi connectivity index (χ0) is 11.1. The molecule has 0 bridgehead atoms. The van der Waals surface area contributed by atoms with Gasteiger partial charge in [-0.15, -0.1) is 0 Å². The first-order valence-electron chi connectivity index (χ1n) is 6.61. The quantitative estimate of drug-likeness (QED) is 0.562. The highest BCUT2D eigenvalue weighted by atomic mass is 28.2. The van der Waals surface area contributed by atoms with Gasteiger partial charge in [-0.3, -0.25) is 0 Å². The molecule has 1 atom stereocenters. The van der Waals surface area contributed by atoms with E-state index in [-0.39, 0.29) is 9.52 Å². The first kappa shape index (κ1) is 11.9. The number of rotatable bonds is 5. The largest absolute Gasteiger partial charge is 0.382 e. The molecule has 1 aromatic rings. The first-order valence-corrected chi connectivity index (χ1v) is 8.42. The van der Waals surface area contributed by atoms with Crippen molar-refractivity contribution in [2.24, 2.45) is 0 Å². The number of ether oxygens (including phenoxy) is 1. The van der Waals surface area contributed by atoms with Crippen LogP contribution in [0.3, 0.4) is 0 Å². The molecule has 0 aromatic heterocycles. The minimum atomic E-state index is 0.0274. The molecule has 1 nitrogen and oxygen atoms in total. The van der Waals surface area contributed by atoms with E-state index >= 15 is 0 Å². The number of aryl methyl sites for hydroxylation is 1. The molecule has 2 rings (SSSR count). The second-order valence-electron chi connectivity index (χ2n) is 4.72. The molecular formula is C14H22OSi. The molecule has 1 fully saturated rings. The van der Waals surface area contributed by atoms with Gasteiger partial charge in [-0.25, -0.2) is 0 Å². The standard InChI is InChI=1S/C14H22OSi/c1-2-7-13(8-3-1)9-6-12-16-14-10-4-5-11-15-14/h1-3,7-8,14H,4-6,9-12,16H2. The van der Waals surface area contributed by atoms with E-state index < -0.39 is 0 Å². The molecule has 0 amide bonds. The topological polar surface area (TPSA) is 9.23 Å². The third kappa shape index (κ3) is 4.10. The van der Waals surface area contributed by atoms with E-state index in [4.69, 9.17) is 4.74 Å². The molecule has 1 unspecified atom stereocenters. The third-order valence-corrected chi connectivity index (χ3v) is 5.55. The molecule has 1 saturated heterocycles. The van der Waals surface area contributed by atoms with Gasteiger partial charge in [-0.05, 0) is 31.2 Å². The number of hydrogen-bond donors (Lipinski definition) is 0. The number of benzene rings is 1. The summed E-state index contributed by atoms with van der Waals surface area (Å²) >= 11 is 0. The highest BCUT2D eigenvalue weighted by Gasteiger charge is 2.13. The van der Waals surface area contributed by atoms with Crippen molar-refractivity contribution in [3.8, 4) is 0 Å². The Labute approximate surface area is 101 Å². The lowest BCUT2D eigenvalue weighted by Gasteiger charge is -2.22. The van der Waals surface area contributed by atoms with Crippen LogP contribution in [0.2, 0.25) is 6.04 Å². The lowest BCUT2D eigenvalue weighted by Crippen LogP contribution is -2.25. The Balaban J connectivity index is 1.58.